The van der Waals surface area contributed by atoms with Crippen molar-refractivity contribution >= 4 is 5.91 Å². The molecule has 4 N–H and O–H groups in total. The second kappa shape index (κ2) is 6.21. The van der Waals surface area contributed by atoms with E-state index in [1.807, 2.05) is 20.8 Å². The SMILES string of the molecule is CC(C)CC(CO)NC(=O)[C@H](N)C(C)(C)C. The van der Waals surface area contributed by atoms with Gasteiger partial charge in [0.05, 0.1) is 18.7 Å². The lowest BCUT2D eigenvalue weighted by atomic mass is 9.86. The molecule has 4 heteroatoms. The van der Waals surface area contributed by atoms with Crippen LogP contribution in [0, 0.1) is 11.3 Å². The van der Waals surface area contributed by atoms with E-state index in [4.69, 9.17) is 10.8 Å². The highest BCUT2D eigenvalue weighted by molar-refractivity contribution is 5.82. The lowest BCUT2D eigenvalue weighted by Crippen LogP contribution is -2.52. The topological polar surface area (TPSA) is 75.3 Å². The maximum atomic E-state index is 11.8. The molecule has 0 aliphatic carbocycles. The molecule has 0 saturated carbocycles. The Hall–Kier alpha value is -0.610. The number of nitrogens with one attached hydrogen (secondary N) is 1. The zero-order valence-corrected chi connectivity index (χ0v) is 11.1. The van der Waals surface area contributed by atoms with Gasteiger partial charge >= 0.3 is 0 Å². The van der Waals surface area contributed by atoms with Crippen LogP contribution in [0.25, 0.3) is 0 Å². The summed E-state index contributed by atoms with van der Waals surface area (Å²) < 4.78 is 0. The van der Waals surface area contributed by atoms with Crippen molar-refractivity contribution in [3.05, 3.63) is 0 Å². The molecule has 0 aromatic rings. The fourth-order valence-electron chi connectivity index (χ4n) is 1.43. The predicted molar refractivity (Wildman–Crippen MR) is 65.9 cm³/mol. The van der Waals surface area contributed by atoms with Gasteiger partial charge in [0.25, 0.3) is 0 Å². The molecule has 0 rings (SSSR count). The minimum atomic E-state index is -0.547. The maximum absolute atomic E-state index is 11.8. The third-order valence-corrected chi connectivity index (χ3v) is 2.54. The molecule has 96 valence electrons. The van der Waals surface area contributed by atoms with Gasteiger partial charge in [-0.1, -0.05) is 34.6 Å². The van der Waals surface area contributed by atoms with Crippen LogP contribution in [-0.2, 0) is 4.79 Å². The molecule has 0 radical (unpaired) electrons. The van der Waals surface area contributed by atoms with Crippen LogP contribution in [0.3, 0.4) is 0 Å². The van der Waals surface area contributed by atoms with Crippen LogP contribution in [-0.4, -0.2) is 29.7 Å². The van der Waals surface area contributed by atoms with Crippen molar-refractivity contribution in [1.82, 2.24) is 5.32 Å². The van der Waals surface area contributed by atoms with Crippen molar-refractivity contribution in [3.63, 3.8) is 0 Å². The van der Waals surface area contributed by atoms with Crippen molar-refractivity contribution in [2.24, 2.45) is 17.1 Å². The molecule has 4 nitrogen and oxygen atoms in total. The van der Waals surface area contributed by atoms with E-state index < -0.39 is 6.04 Å². The number of carbonyl (C=O) groups is 1. The van der Waals surface area contributed by atoms with Crippen LogP contribution >= 0.6 is 0 Å². The Morgan fingerprint density at radius 2 is 1.88 bits per heavy atom. The quantitative estimate of drug-likeness (QED) is 0.656. The molecule has 0 spiro atoms. The molecule has 0 fully saturated rings. The van der Waals surface area contributed by atoms with Gasteiger partial charge in [-0.25, -0.2) is 0 Å². The monoisotopic (exact) mass is 230 g/mol. The van der Waals surface area contributed by atoms with Gasteiger partial charge in [-0.3, -0.25) is 4.79 Å². The van der Waals surface area contributed by atoms with Crippen molar-refractivity contribution in [2.45, 2.75) is 53.1 Å². The average Bonchev–Trinajstić information content (AvgIpc) is 2.13. The third kappa shape index (κ3) is 5.47. The average molecular weight is 230 g/mol. The van der Waals surface area contributed by atoms with Gasteiger partial charge in [-0.05, 0) is 17.8 Å². The second-order valence-corrected chi connectivity index (χ2v) is 5.86. The van der Waals surface area contributed by atoms with Gasteiger partial charge in [-0.2, -0.15) is 0 Å². The van der Waals surface area contributed by atoms with Crippen LogP contribution in [0.4, 0.5) is 0 Å². The van der Waals surface area contributed by atoms with Crippen LogP contribution in [0.15, 0.2) is 0 Å². The van der Waals surface area contributed by atoms with Crippen molar-refractivity contribution in [3.8, 4) is 0 Å². The molecular weight excluding hydrogens is 204 g/mol. The van der Waals surface area contributed by atoms with Gasteiger partial charge in [0.1, 0.15) is 0 Å². The molecule has 0 aromatic heterocycles. The minimum Gasteiger partial charge on any atom is -0.394 e. The van der Waals surface area contributed by atoms with Gasteiger partial charge in [0.2, 0.25) is 5.91 Å². The van der Waals surface area contributed by atoms with Crippen molar-refractivity contribution in [1.29, 1.82) is 0 Å². The van der Waals surface area contributed by atoms with E-state index in [9.17, 15) is 4.79 Å². The molecule has 0 saturated heterocycles. The molecular formula is C12H26N2O2. The van der Waals surface area contributed by atoms with Gasteiger partial charge in [-0.15, -0.1) is 0 Å². The number of aliphatic hydroxyl groups excluding tert-OH is 1. The Morgan fingerprint density at radius 3 is 2.19 bits per heavy atom. The van der Waals surface area contributed by atoms with E-state index >= 15 is 0 Å². The second-order valence-electron chi connectivity index (χ2n) is 5.86. The van der Waals surface area contributed by atoms with E-state index in [2.05, 4.69) is 19.2 Å². The highest BCUT2D eigenvalue weighted by Gasteiger charge is 2.28. The molecule has 16 heavy (non-hydrogen) atoms. The Bertz CT molecular complexity index is 222. The van der Waals surface area contributed by atoms with Crippen LogP contribution < -0.4 is 11.1 Å². The van der Waals surface area contributed by atoms with Gasteiger partial charge < -0.3 is 16.2 Å². The minimum absolute atomic E-state index is 0.0409. The van der Waals surface area contributed by atoms with E-state index in [0.29, 0.717) is 5.92 Å². The molecule has 1 amide bonds. The number of aliphatic hydroxyl groups is 1. The number of amides is 1. The molecule has 1 unspecified atom stereocenters. The van der Waals surface area contributed by atoms with E-state index in [0.717, 1.165) is 6.42 Å². The van der Waals surface area contributed by atoms with Gasteiger partial charge in [0.15, 0.2) is 0 Å². The third-order valence-electron chi connectivity index (χ3n) is 2.54. The fraction of sp³-hybridized carbons (Fsp3) is 0.917. The smallest absolute Gasteiger partial charge is 0.237 e. The number of hydrogen-bond acceptors (Lipinski definition) is 3. The summed E-state index contributed by atoms with van der Waals surface area (Å²) in [6.07, 6.45) is 0.763. The number of rotatable bonds is 5. The lowest BCUT2D eigenvalue weighted by molar-refractivity contribution is -0.125. The summed E-state index contributed by atoms with van der Waals surface area (Å²) in [6.45, 7) is 9.84. The summed E-state index contributed by atoms with van der Waals surface area (Å²) in [4.78, 5) is 11.8. The summed E-state index contributed by atoms with van der Waals surface area (Å²) in [6, 6.07) is -0.741. The van der Waals surface area contributed by atoms with E-state index in [1.54, 1.807) is 0 Å². The lowest BCUT2D eigenvalue weighted by Gasteiger charge is -2.28. The molecule has 2 atom stereocenters. The summed E-state index contributed by atoms with van der Waals surface area (Å²) in [5, 5.41) is 11.9. The van der Waals surface area contributed by atoms with E-state index in [-0.39, 0.29) is 24.0 Å². The Balaban J connectivity index is 4.31. The molecule has 0 aromatic carbocycles. The van der Waals surface area contributed by atoms with Crippen LogP contribution in [0.5, 0.6) is 0 Å². The number of nitrogens with two attached hydrogens (primary N) is 1. The summed E-state index contributed by atoms with van der Waals surface area (Å²) in [7, 11) is 0. The summed E-state index contributed by atoms with van der Waals surface area (Å²) >= 11 is 0. The predicted octanol–water partition coefficient (Wildman–Crippen LogP) is 0.883. The largest absolute Gasteiger partial charge is 0.394 e. The van der Waals surface area contributed by atoms with Crippen LogP contribution in [0.2, 0.25) is 0 Å². The van der Waals surface area contributed by atoms with E-state index in [1.165, 1.54) is 0 Å². The van der Waals surface area contributed by atoms with Gasteiger partial charge in [0, 0.05) is 0 Å². The first-order chi connectivity index (χ1) is 7.18. The van der Waals surface area contributed by atoms with Crippen molar-refractivity contribution < 1.29 is 9.90 Å². The Kier molecular flexibility index (Phi) is 5.97. The molecule has 0 aliphatic rings. The van der Waals surface area contributed by atoms with Crippen molar-refractivity contribution in [2.75, 3.05) is 6.61 Å². The summed E-state index contributed by atoms with van der Waals surface area (Å²) in [5.74, 6) is 0.246. The first kappa shape index (κ1) is 15.4. The highest BCUT2D eigenvalue weighted by atomic mass is 16.3. The first-order valence-electron chi connectivity index (χ1n) is 5.85. The zero-order chi connectivity index (χ0) is 12.9. The number of hydrogen-bond donors (Lipinski definition) is 3. The standard InChI is InChI=1S/C12H26N2O2/c1-8(2)6-9(7-15)14-11(16)10(13)12(3,4)5/h8-10,15H,6-7,13H2,1-5H3,(H,14,16)/t9?,10-/m0/s1. The molecule has 0 bridgehead atoms. The first-order valence-corrected chi connectivity index (χ1v) is 5.85. The highest BCUT2D eigenvalue weighted by Crippen LogP contribution is 2.17. The maximum Gasteiger partial charge on any atom is 0.237 e. The zero-order valence-electron chi connectivity index (χ0n) is 11.1. The number of carbonyl (C=O) groups excluding carboxylic acids is 1. The van der Waals surface area contributed by atoms with Crippen LogP contribution in [0.1, 0.15) is 41.0 Å². The molecule has 0 heterocycles. The fourth-order valence-corrected chi connectivity index (χ4v) is 1.43. The Labute approximate surface area is 98.6 Å². The molecule has 0 aliphatic heterocycles. The Morgan fingerprint density at radius 1 is 1.38 bits per heavy atom. The summed E-state index contributed by atoms with van der Waals surface area (Å²) in [5.41, 5.74) is 5.57. The normalized spacial score (nSPS) is 16.0.